The van der Waals surface area contributed by atoms with Gasteiger partial charge >= 0.3 is 0 Å². The van der Waals surface area contributed by atoms with E-state index in [2.05, 4.69) is 28.9 Å². The van der Waals surface area contributed by atoms with Gasteiger partial charge in [-0.2, -0.15) is 0 Å². The molecule has 0 saturated carbocycles. The van der Waals surface area contributed by atoms with Crippen LogP contribution >= 0.6 is 11.6 Å². The quantitative estimate of drug-likeness (QED) is 0.711. The molecule has 0 atom stereocenters. The molecule has 0 aromatic heterocycles. The number of likely N-dealkylation sites (N-methyl/N-ethyl adjacent to an activating group) is 1. The third-order valence-electron chi connectivity index (χ3n) is 4.87. The van der Waals surface area contributed by atoms with Crippen LogP contribution in [0.1, 0.15) is 40.4 Å². The van der Waals surface area contributed by atoms with E-state index in [0.29, 0.717) is 17.4 Å². The van der Waals surface area contributed by atoms with Crippen molar-refractivity contribution >= 4 is 23.4 Å². The van der Waals surface area contributed by atoms with Gasteiger partial charge in [-0.15, -0.1) is 0 Å². The summed E-state index contributed by atoms with van der Waals surface area (Å²) in [5, 5.41) is 0.422. The Bertz CT molecular complexity index is 901. The number of halogens is 1. The number of carbonyl (C=O) groups excluding carboxylic acids is 2. The van der Waals surface area contributed by atoms with Gasteiger partial charge in [0.2, 0.25) is 5.91 Å². The van der Waals surface area contributed by atoms with Crippen LogP contribution in [0.5, 0.6) is 5.75 Å². The molecule has 1 heterocycles. The highest BCUT2D eigenvalue weighted by Gasteiger charge is 2.18. The van der Waals surface area contributed by atoms with Gasteiger partial charge in [-0.05, 0) is 54.8 Å². The first kappa shape index (κ1) is 21.1. The summed E-state index contributed by atoms with van der Waals surface area (Å²) < 4.78 is 5.60. The molecule has 6 nitrogen and oxygen atoms in total. The Morgan fingerprint density at radius 2 is 2.03 bits per heavy atom. The van der Waals surface area contributed by atoms with E-state index in [1.165, 1.54) is 17.2 Å². The molecule has 0 saturated heterocycles. The molecule has 2 aromatic carbocycles. The molecule has 0 bridgehead atoms. The molecular formula is C22H26ClN3O3. The van der Waals surface area contributed by atoms with Crippen molar-refractivity contribution < 1.29 is 14.3 Å². The molecular weight excluding hydrogens is 390 g/mol. The lowest BCUT2D eigenvalue weighted by atomic mass is 9.93. The molecule has 2 aromatic rings. The van der Waals surface area contributed by atoms with Gasteiger partial charge in [0, 0.05) is 18.1 Å². The van der Waals surface area contributed by atoms with Gasteiger partial charge in [0.1, 0.15) is 5.75 Å². The summed E-state index contributed by atoms with van der Waals surface area (Å²) in [6.07, 6.45) is 1.95. The van der Waals surface area contributed by atoms with Crippen LogP contribution in [0.4, 0.5) is 0 Å². The molecule has 0 radical (unpaired) electrons. The van der Waals surface area contributed by atoms with Crippen molar-refractivity contribution in [2.75, 3.05) is 20.2 Å². The van der Waals surface area contributed by atoms with E-state index in [4.69, 9.17) is 16.3 Å². The molecule has 2 N–H and O–H groups in total. The van der Waals surface area contributed by atoms with Gasteiger partial charge in [0.25, 0.3) is 5.91 Å². The number of carbonyl (C=O) groups is 2. The number of hydrogen-bond acceptors (Lipinski definition) is 4. The number of fused-ring (bicyclic) bond motifs is 1. The Morgan fingerprint density at radius 3 is 2.83 bits per heavy atom. The molecule has 7 heteroatoms. The fourth-order valence-corrected chi connectivity index (χ4v) is 3.60. The fourth-order valence-electron chi connectivity index (χ4n) is 3.42. The summed E-state index contributed by atoms with van der Waals surface area (Å²) in [4.78, 5) is 27.2. The smallest absolute Gasteiger partial charge is 0.273 e. The summed E-state index contributed by atoms with van der Waals surface area (Å²) >= 11 is 6.02. The van der Waals surface area contributed by atoms with E-state index >= 15 is 0 Å². The molecule has 1 aliphatic heterocycles. The van der Waals surface area contributed by atoms with Gasteiger partial charge in [0.05, 0.1) is 18.6 Å². The Labute approximate surface area is 176 Å². The summed E-state index contributed by atoms with van der Waals surface area (Å²) in [6, 6.07) is 10.9. The summed E-state index contributed by atoms with van der Waals surface area (Å²) in [7, 11) is 2.09. The van der Waals surface area contributed by atoms with E-state index < -0.39 is 5.91 Å². The van der Waals surface area contributed by atoms with Crippen LogP contribution in [-0.2, 0) is 24.2 Å². The number of nitrogens with zero attached hydrogens (tertiary/aromatic N) is 1. The average molecular weight is 416 g/mol. The first-order valence-corrected chi connectivity index (χ1v) is 10.2. The van der Waals surface area contributed by atoms with Gasteiger partial charge < -0.3 is 9.64 Å². The Hall–Kier alpha value is -2.57. The summed E-state index contributed by atoms with van der Waals surface area (Å²) in [6.45, 7) is 4.33. The zero-order valence-corrected chi connectivity index (χ0v) is 17.5. The van der Waals surface area contributed by atoms with Crippen LogP contribution in [-0.4, -0.2) is 36.9 Å². The van der Waals surface area contributed by atoms with Gasteiger partial charge in [-0.3, -0.25) is 20.4 Å². The lowest BCUT2D eigenvalue weighted by Gasteiger charge is -2.26. The Kier molecular flexibility index (Phi) is 7.12. The highest BCUT2D eigenvalue weighted by atomic mass is 35.5. The molecule has 0 spiro atoms. The molecule has 154 valence electrons. The number of amides is 2. The van der Waals surface area contributed by atoms with Crippen molar-refractivity contribution in [3.05, 3.63) is 63.7 Å². The zero-order chi connectivity index (χ0) is 20.8. The third-order valence-corrected chi connectivity index (χ3v) is 5.10. The van der Waals surface area contributed by atoms with Gasteiger partial charge in [-0.25, -0.2) is 0 Å². The van der Waals surface area contributed by atoms with Crippen molar-refractivity contribution in [1.82, 2.24) is 15.8 Å². The van der Waals surface area contributed by atoms with Crippen molar-refractivity contribution in [1.29, 1.82) is 0 Å². The van der Waals surface area contributed by atoms with E-state index in [0.717, 1.165) is 31.5 Å². The third kappa shape index (κ3) is 5.49. The minimum absolute atomic E-state index is 0.210. The molecule has 1 aliphatic rings. The van der Waals surface area contributed by atoms with Crippen molar-refractivity contribution in [3.63, 3.8) is 0 Å². The second kappa shape index (κ2) is 9.76. The number of hydrazine groups is 1. The van der Waals surface area contributed by atoms with Crippen LogP contribution in [0.2, 0.25) is 5.02 Å². The topological polar surface area (TPSA) is 70.7 Å². The molecule has 29 heavy (non-hydrogen) atoms. The van der Waals surface area contributed by atoms with Crippen molar-refractivity contribution in [3.8, 4) is 5.75 Å². The lowest BCUT2D eigenvalue weighted by molar-refractivity contribution is -0.121. The Balaban J connectivity index is 1.63. The number of rotatable bonds is 6. The molecule has 2 amide bonds. The number of benzene rings is 2. The highest BCUT2D eigenvalue weighted by Crippen LogP contribution is 2.24. The zero-order valence-electron chi connectivity index (χ0n) is 16.8. The summed E-state index contributed by atoms with van der Waals surface area (Å²) in [5.41, 5.74) is 8.73. The van der Waals surface area contributed by atoms with Crippen LogP contribution < -0.4 is 15.6 Å². The second-order valence-electron chi connectivity index (χ2n) is 7.21. The molecule has 0 aliphatic carbocycles. The van der Waals surface area contributed by atoms with Crippen LogP contribution in [0, 0.1) is 0 Å². The second-order valence-corrected chi connectivity index (χ2v) is 7.65. The summed E-state index contributed by atoms with van der Waals surface area (Å²) in [5.74, 6) is -0.309. The van der Waals surface area contributed by atoms with Crippen molar-refractivity contribution in [2.45, 2.75) is 32.7 Å². The average Bonchev–Trinajstić information content (AvgIpc) is 2.71. The maximum Gasteiger partial charge on any atom is 0.273 e. The maximum absolute atomic E-state index is 12.5. The Morgan fingerprint density at radius 1 is 1.21 bits per heavy atom. The number of nitrogens with one attached hydrogen (secondary N) is 2. The fraction of sp³-hybridized carbons (Fsp3) is 0.364. The highest BCUT2D eigenvalue weighted by molar-refractivity contribution is 6.31. The normalized spacial score (nSPS) is 13.5. The number of ether oxygens (including phenoxy) is 1. The largest absolute Gasteiger partial charge is 0.493 e. The lowest BCUT2D eigenvalue weighted by Crippen LogP contribution is -2.42. The predicted molar refractivity (Wildman–Crippen MR) is 113 cm³/mol. The first-order chi connectivity index (χ1) is 14.0. The minimum atomic E-state index is -0.469. The molecule has 0 fully saturated rings. The van der Waals surface area contributed by atoms with E-state index in [1.54, 1.807) is 12.1 Å². The predicted octanol–water partition coefficient (Wildman–Crippen LogP) is 3.12. The van der Waals surface area contributed by atoms with Crippen molar-refractivity contribution in [2.24, 2.45) is 0 Å². The van der Waals surface area contributed by atoms with E-state index in [-0.39, 0.29) is 17.9 Å². The standard InChI is InChI=1S/C22H26ClN3O3/c1-3-11-29-20-8-7-17(23)13-19(20)22(28)25-24-21(27)12-15-5-4-6-16-14-26(2)10-9-18(15)16/h4-8,13H,3,9-12,14H2,1-2H3,(H,24,27)(H,25,28). The van der Waals surface area contributed by atoms with Crippen LogP contribution in [0.25, 0.3) is 0 Å². The first-order valence-electron chi connectivity index (χ1n) is 9.77. The van der Waals surface area contributed by atoms with Crippen LogP contribution in [0.3, 0.4) is 0 Å². The molecule has 0 unspecified atom stereocenters. The SMILES string of the molecule is CCCOc1ccc(Cl)cc1C(=O)NNC(=O)Cc1cccc2c1CCN(C)C2. The number of hydrogen-bond donors (Lipinski definition) is 2. The van der Waals surface area contributed by atoms with Gasteiger partial charge in [0.15, 0.2) is 0 Å². The molecule has 3 rings (SSSR count). The minimum Gasteiger partial charge on any atom is -0.493 e. The van der Waals surface area contributed by atoms with E-state index in [9.17, 15) is 9.59 Å². The monoisotopic (exact) mass is 415 g/mol. The van der Waals surface area contributed by atoms with E-state index in [1.807, 2.05) is 19.1 Å². The van der Waals surface area contributed by atoms with Gasteiger partial charge in [-0.1, -0.05) is 36.7 Å². The van der Waals surface area contributed by atoms with Crippen LogP contribution in [0.15, 0.2) is 36.4 Å². The maximum atomic E-state index is 12.5.